The maximum atomic E-state index is 12.2. The summed E-state index contributed by atoms with van der Waals surface area (Å²) in [7, 11) is -3.78. The van der Waals surface area contributed by atoms with Crippen LogP contribution >= 0.6 is 0 Å². The molecule has 2 rings (SSSR count). The molecule has 21 heavy (non-hydrogen) atoms. The lowest BCUT2D eigenvalue weighted by molar-refractivity contribution is 0.1000. The average Bonchev–Trinajstić information content (AvgIpc) is 2.37. The van der Waals surface area contributed by atoms with Crippen LogP contribution < -0.4 is 10.5 Å². The summed E-state index contributed by atoms with van der Waals surface area (Å²) in [6, 6.07) is 6.86. The van der Waals surface area contributed by atoms with E-state index in [0.29, 0.717) is 11.5 Å². The zero-order chi connectivity index (χ0) is 15.6. The van der Waals surface area contributed by atoms with Crippen molar-refractivity contribution in [2.75, 3.05) is 4.72 Å². The highest BCUT2D eigenvalue weighted by molar-refractivity contribution is 7.92. The third-order valence-electron chi connectivity index (χ3n) is 2.65. The van der Waals surface area contributed by atoms with E-state index in [1.165, 1.54) is 30.3 Å². The molecule has 2 aromatic rings. The molecule has 0 aliphatic heterocycles. The van der Waals surface area contributed by atoms with Crippen LogP contribution in [0.4, 0.5) is 5.82 Å². The molecule has 0 unspecified atom stereocenters. The fourth-order valence-electron chi connectivity index (χ4n) is 1.76. The molecule has 7 nitrogen and oxygen atoms in total. The fraction of sp³-hybridized carbons (Fsp3) is 0.154. The maximum Gasteiger partial charge on any atom is 0.263 e. The summed E-state index contributed by atoms with van der Waals surface area (Å²) in [5.74, 6) is 0.0460. The number of rotatable bonds is 4. The van der Waals surface area contributed by atoms with Gasteiger partial charge in [0.15, 0.2) is 0 Å². The fourth-order valence-corrected chi connectivity index (χ4v) is 2.76. The lowest BCUT2D eigenvalue weighted by Gasteiger charge is -2.08. The number of nitrogens with zero attached hydrogens (tertiary/aromatic N) is 2. The smallest absolute Gasteiger partial charge is 0.263 e. The van der Waals surface area contributed by atoms with Crippen LogP contribution in [0.15, 0.2) is 35.2 Å². The van der Waals surface area contributed by atoms with Crippen LogP contribution in [0.1, 0.15) is 21.9 Å². The number of nitrogens with two attached hydrogens (primary N) is 1. The molecular weight excluding hydrogens is 292 g/mol. The minimum absolute atomic E-state index is 0.0152. The first-order valence-electron chi connectivity index (χ1n) is 6.03. The molecule has 0 aliphatic carbocycles. The lowest BCUT2D eigenvalue weighted by atomic mass is 10.2. The summed E-state index contributed by atoms with van der Waals surface area (Å²) in [5.41, 5.74) is 6.00. The number of primary amides is 1. The van der Waals surface area contributed by atoms with Crippen LogP contribution in [0.2, 0.25) is 0 Å². The number of aryl methyl sites for hydroxylation is 2. The number of aromatic nitrogens is 2. The van der Waals surface area contributed by atoms with Crippen molar-refractivity contribution >= 4 is 21.7 Å². The van der Waals surface area contributed by atoms with E-state index in [1.54, 1.807) is 13.8 Å². The molecule has 0 saturated heterocycles. The van der Waals surface area contributed by atoms with E-state index in [1.807, 2.05) is 0 Å². The molecule has 0 atom stereocenters. The van der Waals surface area contributed by atoms with E-state index < -0.39 is 15.9 Å². The molecule has 1 aromatic carbocycles. The van der Waals surface area contributed by atoms with Gasteiger partial charge in [0, 0.05) is 17.3 Å². The molecule has 110 valence electrons. The molecule has 1 heterocycles. The predicted molar refractivity (Wildman–Crippen MR) is 77.3 cm³/mol. The van der Waals surface area contributed by atoms with E-state index in [-0.39, 0.29) is 16.3 Å². The predicted octanol–water partition coefficient (Wildman–Crippen LogP) is 0.993. The number of nitrogens with one attached hydrogen (secondary N) is 1. The van der Waals surface area contributed by atoms with Gasteiger partial charge in [-0.25, -0.2) is 18.4 Å². The SMILES string of the molecule is Cc1cc(NS(=O)(=O)c2ccc(C(N)=O)cc2)nc(C)n1. The molecule has 1 amide bonds. The van der Waals surface area contributed by atoms with Crippen molar-refractivity contribution in [1.82, 2.24) is 9.97 Å². The number of sulfonamides is 1. The van der Waals surface area contributed by atoms with Crippen LogP contribution in [0.5, 0.6) is 0 Å². The Morgan fingerprint density at radius 2 is 1.76 bits per heavy atom. The topological polar surface area (TPSA) is 115 Å². The number of carbonyl (C=O) groups is 1. The first kappa shape index (κ1) is 14.9. The zero-order valence-corrected chi connectivity index (χ0v) is 12.3. The first-order chi connectivity index (χ1) is 9.78. The Morgan fingerprint density at radius 1 is 1.14 bits per heavy atom. The van der Waals surface area contributed by atoms with Gasteiger partial charge in [0.25, 0.3) is 10.0 Å². The maximum absolute atomic E-state index is 12.2. The van der Waals surface area contributed by atoms with Gasteiger partial charge in [0.05, 0.1) is 4.90 Å². The second kappa shape index (κ2) is 5.49. The van der Waals surface area contributed by atoms with Crippen LogP contribution in [-0.4, -0.2) is 24.3 Å². The van der Waals surface area contributed by atoms with Gasteiger partial charge in [0.2, 0.25) is 5.91 Å². The molecule has 0 spiro atoms. The molecule has 8 heteroatoms. The van der Waals surface area contributed by atoms with E-state index in [0.717, 1.165) is 0 Å². The van der Waals surface area contributed by atoms with Gasteiger partial charge < -0.3 is 5.73 Å². The third-order valence-corrected chi connectivity index (χ3v) is 4.02. The Morgan fingerprint density at radius 3 is 2.29 bits per heavy atom. The molecule has 0 bridgehead atoms. The summed E-state index contributed by atoms with van der Waals surface area (Å²) in [5, 5.41) is 0. The quantitative estimate of drug-likeness (QED) is 0.874. The Hall–Kier alpha value is -2.48. The van der Waals surface area contributed by atoms with Crippen LogP contribution in [0, 0.1) is 13.8 Å². The Bertz CT molecular complexity index is 765. The largest absolute Gasteiger partial charge is 0.366 e. The van der Waals surface area contributed by atoms with Crippen molar-refractivity contribution in [3.8, 4) is 0 Å². The van der Waals surface area contributed by atoms with Crippen LogP contribution in [0.3, 0.4) is 0 Å². The van der Waals surface area contributed by atoms with Gasteiger partial charge >= 0.3 is 0 Å². The van der Waals surface area contributed by atoms with Crippen LogP contribution in [0.25, 0.3) is 0 Å². The summed E-state index contributed by atoms with van der Waals surface area (Å²) >= 11 is 0. The van der Waals surface area contributed by atoms with Gasteiger partial charge in [-0.1, -0.05) is 0 Å². The van der Waals surface area contributed by atoms with Crippen LogP contribution in [-0.2, 0) is 10.0 Å². The van der Waals surface area contributed by atoms with Crippen molar-refractivity contribution in [2.45, 2.75) is 18.7 Å². The molecule has 0 saturated carbocycles. The first-order valence-corrected chi connectivity index (χ1v) is 7.51. The number of carbonyl (C=O) groups excluding carboxylic acids is 1. The zero-order valence-electron chi connectivity index (χ0n) is 11.5. The monoisotopic (exact) mass is 306 g/mol. The standard InChI is InChI=1S/C13H14N4O3S/c1-8-7-12(16-9(2)15-8)17-21(19,20)11-5-3-10(4-6-11)13(14)18/h3-7H,1-2H3,(H2,14,18)(H,15,16,17). The highest BCUT2D eigenvalue weighted by atomic mass is 32.2. The second-order valence-electron chi connectivity index (χ2n) is 4.44. The normalized spacial score (nSPS) is 11.1. The molecule has 0 radical (unpaired) electrons. The molecule has 0 aliphatic rings. The Labute approximate surface area is 122 Å². The highest BCUT2D eigenvalue weighted by Crippen LogP contribution is 2.15. The highest BCUT2D eigenvalue weighted by Gasteiger charge is 2.15. The van der Waals surface area contributed by atoms with E-state index >= 15 is 0 Å². The van der Waals surface area contributed by atoms with Crippen molar-refractivity contribution in [3.05, 3.63) is 47.4 Å². The van der Waals surface area contributed by atoms with Gasteiger partial charge in [0.1, 0.15) is 11.6 Å². The van der Waals surface area contributed by atoms with Gasteiger partial charge in [-0.2, -0.15) is 0 Å². The number of anilines is 1. The van der Waals surface area contributed by atoms with E-state index in [2.05, 4.69) is 14.7 Å². The van der Waals surface area contributed by atoms with Crippen molar-refractivity contribution in [3.63, 3.8) is 0 Å². The lowest BCUT2D eigenvalue weighted by Crippen LogP contribution is -2.16. The van der Waals surface area contributed by atoms with E-state index in [9.17, 15) is 13.2 Å². The number of amides is 1. The summed E-state index contributed by atoms with van der Waals surface area (Å²) in [4.78, 5) is 19.1. The van der Waals surface area contributed by atoms with Gasteiger partial charge in [-0.05, 0) is 38.1 Å². The van der Waals surface area contributed by atoms with E-state index in [4.69, 9.17) is 5.73 Å². The third kappa shape index (κ3) is 3.54. The number of benzene rings is 1. The second-order valence-corrected chi connectivity index (χ2v) is 6.12. The van der Waals surface area contributed by atoms with Gasteiger partial charge in [-0.3, -0.25) is 9.52 Å². The molecule has 3 N–H and O–H groups in total. The Kier molecular flexibility index (Phi) is 3.90. The number of hydrogen-bond donors (Lipinski definition) is 2. The summed E-state index contributed by atoms with van der Waals surface area (Å²) < 4.78 is 26.8. The van der Waals surface area contributed by atoms with Crippen molar-refractivity contribution in [1.29, 1.82) is 0 Å². The summed E-state index contributed by atoms with van der Waals surface area (Å²) in [6.07, 6.45) is 0. The number of hydrogen-bond acceptors (Lipinski definition) is 5. The molecule has 1 aromatic heterocycles. The summed E-state index contributed by atoms with van der Waals surface area (Å²) in [6.45, 7) is 3.42. The molecular formula is C13H14N4O3S. The average molecular weight is 306 g/mol. The Balaban J connectivity index is 2.31. The molecule has 0 fully saturated rings. The minimum atomic E-state index is -3.78. The van der Waals surface area contributed by atoms with Crippen molar-refractivity contribution < 1.29 is 13.2 Å². The van der Waals surface area contributed by atoms with Crippen molar-refractivity contribution in [2.24, 2.45) is 5.73 Å². The minimum Gasteiger partial charge on any atom is -0.366 e. The van der Waals surface area contributed by atoms with Gasteiger partial charge in [-0.15, -0.1) is 0 Å².